The summed E-state index contributed by atoms with van der Waals surface area (Å²) in [5.41, 5.74) is 1.90. The molecule has 20 heavy (non-hydrogen) atoms. The Morgan fingerprint density at radius 3 is 2.75 bits per heavy atom. The number of carbonyl (C=O) groups excluding carboxylic acids is 1. The number of benzene rings is 1. The minimum Gasteiger partial charge on any atom is -0.489 e. The molecule has 1 heterocycles. The molecule has 1 aliphatic heterocycles. The van der Waals surface area contributed by atoms with Crippen molar-refractivity contribution in [1.82, 2.24) is 4.90 Å². The van der Waals surface area contributed by atoms with Crippen molar-refractivity contribution < 1.29 is 9.53 Å². The Morgan fingerprint density at radius 2 is 2.00 bits per heavy atom. The SMILES string of the molecule is CC1Cc2cccc(C(=O)N(C)C3CCCCC3)c2O1. The summed E-state index contributed by atoms with van der Waals surface area (Å²) in [5.74, 6) is 0.926. The highest BCUT2D eigenvalue weighted by Crippen LogP contribution is 2.34. The Bertz CT molecular complexity index is 506. The van der Waals surface area contributed by atoms with Gasteiger partial charge in [-0.25, -0.2) is 0 Å². The summed E-state index contributed by atoms with van der Waals surface area (Å²) >= 11 is 0. The van der Waals surface area contributed by atoms with E-state index < -0.39 is 0 Å². The number of amides is 1. The molecule has 0 saturated heterocycles. The maximum absolute atomic E-state index is 12.8. The highest BCUT2D eigenvalue weighted by Gasteiger charge is 2.29. The summed E-state index contributed by atoms with van der Waals surface area (Å²) in [5, 5.41) is 0. The van der Waals surface area contributed by atoms with Crippen molar-refractivity contribution in [2.75, 3.05) is 7.05 Å². The van der Waals surface area contributed by atoms with Crippen LogP contribution in [0.5, 0.6) is 5.75 Å². The van der Waals surface area contributed by atoms with Gasteiger partial charge in [0.15, 0.2) is 0 Å². The first-order valence-corrected chi connectivity index (χ1v) is 7.72. The molecule has 1 amide bonds. The van der Waals surface area contributed by atoms with Crippen molar-refractivity contribution >= 4 is 5.91 Å². The number of carbonyl (C=O) groups is 1. The number of nitrogens with zero attached hydrogens (tertiary/aromatic N) is 1. The van der Waals surface area contributed by atoms with E-state index in [2.05, 4.69) is 13.0 Å². The zero-order valence-electron chi connectivity index (χ0n) is 12.4. The Labute approximate surface area is 120 Å². The number of hydrogen-bond acceptors (Lipinski definition) is 2. The Balaban J connectivity index is 1.82. The number of hydrogen-bond donors (Lipinski definition) is 0. The highest BCUT2D eigenvalue weighted by atomic mass is 16.5. The van der Waals surface area contributed by atoms with Crippen molar-refractivity contribution in [2.24, 2.45) is 0 Å². The molecule has 1 unspecified atom stereocenters. The molecule has 1 atom stereocenters. The van der Waals surface area contributed by atoms with Gasteiger partial charge < -0.3 is 9.64 Å². The van der Waals surface area contributed by atoms with Gasteiger partial charge in [-0.15, -0.1) is 0 Å². The van der Waals surface area contributed by atoms with E-state index >= 15 is 0 Å². The van der Waals surface area contributed by atoms with Crippen LogP contribution in [0.25, 0.3) is 0 Å². The average molecular weight is 273 g/mol. The van der Waals surface area contributed by atoms with Crippen LogP contribution in [0.2, 0.25) is 0 Å². The molecule has 0 aromatic heterocycles. The molecule has 1 aliphatic carbocycles. The highest BCUT2D eigenvalue weighted by molar-refractivity contribution is 5.97. The number of ether oxygens (including phenoxy) is 1. The topological polar surface area (TPSA) is 29.5 Å². The summed E-state index contributed by atoms with van der Waals surface area (Å²) in [6.07, 6.45) is 7.14. The van der Waals surface area contributed by atoms with Crippen molar-refractivity contribution in [3.63, 3.8) is 0 Å². The van der Waals surface area contributed by atoms with E-state index in [-0.39, 0.29) is 12.0 Å². The third-order valence-electron chi connectivity index (χ3n) is 4.60. The molecule has 1 aromatic carbocycles. The molecule has 1 saturated carbocycles. The molecule has 3 heteroatoms. The number of para-hydroxylation sites is 1. The van der Waals surface area contributed by atoms with E-state index in [4.69, 9.17) is 4.74 Å². The van der Waals surface area contributed by atoms with Crippen LogP contribution in [0.3, 0.4) is 0 Å². The molecule has 0 spiro atoms. The molecule has 1 aromatic rings. The van der Waals surface area contributed by atoms with Gasteiger partial charge in [-0.05, 0) is 31.4 Å². The lowest BCUT2D eigenvalue weighted by atomic mass is 9.94. The largest absolute Gasteiger partial charge is 0.489 e. The first kappa shape index (κ1) is 13.5. The standard InChI is InChI=1S/C17H23NO2/c1-12-11-13-7-6-10-15(16(13)20-12)17(19)18(2)14-8-4-3-5-9-14/h6-7,10,12,14H,3-5,8-9,11H2,1-2H3. The summed E-state index contributed by atoms with van der Waals surface area (Å²) < 4.78 is 5.85. The van der Waals surface area contributed by atoms with Gasteiger partial charge in [0, 0.05) is 19.5 Å². The molecule has 0 bridgehead atoms. The van der Waals surface area contributed by atoms with Crippen molar-refractivity contribution in [2.45, 2.75) is 57.6 Å². The van der Waals surface area contributed by atoms with Crippen molar-refractivity contribution in [3.8, 4) is 5.75 Å². The maximum Gasteiger partial charge on any atom is 0.257 e. The summed E-state index contributed by atoms with van der Waals surface area (Å²) in [6, 6.07) is 6.34. The van der Waals surface area contributed by atoms with Crippen molar-refractivity contribution in [3.05, 3.63) is 29.3 Å². The zero-order valence-corrected chi connectivity index (χ0v) is 12.4. The second kappa shape index (κ2) is 5.47. The van der Waals surface area contributed by atoms with Gasteiger partial charge in [0.25, 0.3) is 5.91 Å². The minimum absolute atomic E-state index is 0.114. The van der Waals surface area contributed by atoms with Crippen LogP contribution in [-0.2, 0) is 6.42 Å². The predicted octanol–water partition coefficient (Wildman–Crippen LogP) is 3.41. The first-order valence-electron chi connectivity index (χ1n) is 7.72. The molecule has 2 aliphatic rings. The third kappa shape index (κ3) is 2.41. The number of rotatable bonds is 2. The molecule has 3 rings (SSSR count). The Morgan fingerprint density at radius 1 is 1.25 bits per heavy atom. The van der Waals surface area contributed by atoms with E-state index in [9.17, 15) is 4.79 Å². The van der Waals surface area contributed by atoms with Crippen LogP contribution in [-0.4, -0.2) is 30.0 Å². The summed E-state index contributed by atoms with van der Waals surface area (Å²) in [4.78, 5) is 14.7. The maximum atomic E-state index is 12.8. The molecule has 3 nitrogen and oxygen atoms in total. The van der Waals surface area contributed by atoms with E-state index in [0.29, 0.717) is 6.04 Å². The second-order valence-electron chi connectivity index (χ2n) is 6.13. The van der Waals surface area contributed by atoms with Crippen molar-refractivity contribution in [1.29, 1.82) is 0 Å². The minimum atomic E-state index is 0.114. The van der Waals surface area contributed by atoms with E-state index in [1.165, 1.54) is 24.8 Å². The quantitative estimate of drug-likeness (QED) is 0.826. The summed E-state index contributed by atoms with van der Waals surface area (Å²) in [6.45, 7) is 2.05. The van der Waals surface area contributed by atoms with Gasteiger partial charge >= 0.3 is 0 Å². The van der Waals surface area contributed by atoms with Gasteiger partial charge in [0.2, 0.25) is 0 Å². The normalized spacial score (nSPS) is 22.2. The van der Waals surface area contributed by atoms with Crippen LogP contribution in [0.4, 0.5) is 0 Å². The van der Waals surface area contributed by atoms with Gasteiger partial charge in [0.05, 0.1) is 5.56 Å². The predicted molar refractivity (Wildman–Crippen MR) is 79.2 cm³/mol. The molecule has 108 valence electrons. The molecular weight excluding hydrogens is 250 g/mol. The van der Waals surface area contributed by atoms with E-state index in [0.717, 1.165) is 30.6 Å². The van der Waals surface area contributed by atoms with Gasteiger partial charge in [-0.2, -0.15) is 0 Å². The first-order chi connectivity index (χ1) is 9.66. The lowest BCUT2D eigenvalue weighted by Crippen LogP contribution is -2.38. The lowest BCUT2D eigenvalue weighted by molar-refractivity contribution is 0.0691. The summed E-state index contributed by atoms with van der Waals surface area (Å²) in [7, 11) is 1.94. The molecule has 0 N–H and O–H groups in total. The Hall–Kier alpha value is -1.51. The van der Waals surface area contributed by atoms with Crippen LogP contribution >= 0.6 is 0 Å². The van der Waals surface area contributed by atoms with Crippen LogP contribution in [0.1, 0.15) is 54.9 Å². The number of fused-ring (bicyclic) bond motifs is 1. The fourth-order valence-electron chi connectivity index (χ4n) is 3.43. The second-order valence-corrected chi connectivity index (χ2v) is 6.13. The fraction of sp³-hybridized carbons (Fsp3) is 0.588. The lowest BCUT2D eigenvalue weighted by Gasteiger charge is -2.31. The monoisotopic (exact) mass is 273 g/mol. The van der Waals surface area contributed by atoms with E-state index in [1.54, 1.807) is 0 Å². The average Bonchev–Trinajstić information content (AvgIpc) is 2.86. The fourth-order valence-corrected chi connectivity index (χ4v) is 3.43. The van der Waals surface area contributed by atoms with Gasteiger partial charge in [-0.3, -0.25) is 4.79 Å². The van der Waals surface area contributed by atoms with Gasteiger partial charge in [-0.1, -0.05) is 31.4 Å². The van der Waals surface area contributed by atoms with Crippen LogP contribution in [0, 0.1) is 0 Å². The molecule has 0 radical (unpaired) electrons. The van der Waals surface area contributed by atoms with E-state index in [1.807, 2.05) is 24.1 Å². The zero-order chi connectivity index (χ0) is 14.1. The van der Waals surface area contributed by atoms with Crippen LogP contribution in [0.15, 0.2) is 18.2 Å². The molecule has 1 fully saturated rings. The third-order valence-corrected chi connectivity index (χ3v) is 4.60. The van der Waals surface area contributed by atoms with Crippen LogP contribution < -0.4 is 4.74 Å². The van der Waals surface area contributed by atoms with Gasteiger partial charge in [0.1, 0.15) is 11.9 Å². The smallest absolute Gasteiger partial charge is 0.257 e. The molecular formula is C17H23NO2. The Kier molecular flexibility index (Phi) is 3.68.